The van der Waals surface area contributed by atoms with Crippen LogP contribution in [0.4, 0.5) is 34.1 Å². The number of hydrogen-bond donors (Lipinski definition) is 0. The van der Waals surface area contributed by atoms with Gasteiger partial charge in [-0.25, -0.2) is 0 Å². The van der Waals surface area contributed by atoms with Gasteiger partial charge in [-0.05, 0) is 103 Å². The number of rotatable bonds is 6. The average Bonchev–Trinajstić information content (AvgIpc) is 3.35. The molecule has 2 heterocycles. The third-order valence-electron chi connectivity index (χ3n) is 12.6. The van der Waals surface area contributed by atoms with E-state index in [1.165, 1.54) is 36.3 Å². The summed E-state index contributed by atoms with van der Waals surface area (Å²) in [6.07, 6.45) is 0. The SMILES string of the molecule is N#Cc1cc(-c2cc(C#N)cc(N3c4ccccc4[Si](c4ccccc4)(c4ccccc4)c4ccccc43)c2)cc(N2c3ccccc3[SiH](c3ccccc3)c3ccccc32)c1. The molecule has 0 saturated heterocycles. The molecular weight excluding hydrogens is 785 g/mol. The molecular formula is C56H38N4Si2. The summed E-state index contributed by atoms with van der Waals surface area (Å²) in [5.74, 6) is 0. The van der Waals surface area contributed by atoms with Crippen molar-refractivity contribution in [1.82, 2.24) is 0 Å². The summed E-state index contributed by atoms with van der Waals surface area (Å²) < 4.78 is 0. The van der Waals surface area contributed by atoms with E-state index in [1.54, 1.807) is 0 Å². The van der Waals surface area contributed by atoms with Crippen LogP contribution in [0.25, 0.3) is 11.1 Å². The molecule has 9 aromatic rings. The minimum atomic E-state index is -2.82. The summed E-state index contributed by atoms with van der Waals surface area (Å²) in [7, 11) is -4.64. The molecule has 290 valence electrons. The standard InChI is InChI=1S/C56H38N4Si2/c57-38-40-32-42(36-44(34-40)59-49-24-10-14-28-53(49)61(46-18-4-1-5-19-46)54-29-15-11-25-50(54)59)43-33-41(39-58)35-45(37-43)60-51-26-12-16-30-55(51)62(47-20-6-2-7-21-47,48-22-8-3-9-23-48)56-31-17-13-27-52(56)60/h1-37,61H. The van der Waals surface area contributed by atoms with Gasteiger partial charge in [0.2, 0.25) is 0 Å². The van der Waals surface area contributed by atoms with E-state index < -0.39 is 16.9 Å². The van der Waals surface area contributed by atoms with Gasteiger partial charge in [-0.2, -0.15) is 10.5 Å². The Kier molecular flexibility index (Phi) is 9.09. The zero-order valence-corrected chi connectivity index (χ0v) is 35.9. The smallest absolute Gasteiger partial charge is 0.184 e. The van der Waals surface area contributed by atoms with E-state index in [2.05, 4.69) is 222 Å². The van der Waals surface area contributed by atoms with E-state index in [4.69, 9.17) is 0 Å². The van der Waals surface area contributed by atoms with Crippen molar-refractivity contribution in [2.45, 2.75) is 0 Å². The van der Waals surface area contributed by atoms with Crippen LogP contribution in [-0.2, 0) is 0 Å². The Labute approximate surface area is 364 Å². The van der Waals surface area contributed by atoms with E-state index in [-0.39, 0.29) is 0 Å². The Balaban J connectivity index is 1.10. The van der Waals surface area contributed by atoms with E-state index in [1.807, 2.05) is 24.3 Å². The van der Waals surface area contributed by atoms with Gasteiger partial charge in [-0.1, -0.05) is 169 Å². The predicted octanol–water partition coefficient (Wildman–Crippen LogP) is 8.29. The summed E-state index contributed by atoms with van der Waals surface area (Å²) in [5, 5.41) is 30.5. The van der Waals surface area contributed by atoms with Crippen molar-refractivity contribution in [3.8, 4) is 23.3 Å². The fourth-order valence-electron chi connectivity index (χ4n) is 10.1. The molecule has 2 aliphatic heterocycles. The lowest BCUT2D eigenvalue weighted by molar-refractivity contribution is 1.28. The number of nitrogens with zero attached hydrogens (tertiary/aromatic N) is 4. The van der Waals surface area contributed by atoms with Gasteiger partial charge in [-0.15, -0.1) is 0 Å². The van der Waals surface area contributed by atoms with Gasteiger partial charge in [0.1, 0.15) is 8.80 Å². The number of hydrogen-bond acceptors (Lipinski definition) is 4. The zero-order chi connectivity index (χ0) is 41.6. The molecule has 0 atom stereocenters. The molecule has 0 bridgehead atoms. The Morgan fingerprint density at radius 1 is 0.371 bits per heavy atom. The van der Waals surface area contributed by atoms with E-state index in [9.17, 15) is 10.5 Å². The third kappa shape index (κ3) is 5.85. The summed E-state index contributed by atoms with van der Waals surface area (Å²) in [5.41, 5.74) is 9.06. The van der Waals surface area contributed by atoms with Crippen molar-refractivity contribution in [2.24, 2.45) is 0 Å². The topological polar surface area (TPSA) is 54.1 Å². The molecule has 0 amide bonds. The van der Waals surface area contributed by atoms with E-state index in [0.717, 1.165) is 45.3 Å². The van der Waals surface area contributed by atoms with Gasteiger partial charge >= 0.3 is 0 Å². The second-order valence-electron chi connectivity index (χ2n) is 15.9. The minimum absolute atomic E-state index is 0.543. The number of fused-ring (bicyclic) bond motifs is 4. The van der Waals surface area contributed by atoms with Crippen molar-refractivity contribution in [3.63, 3.8) is 0 Å². The number of nitriles is 2. The van der Waals surface area contributed by atoms with Crippen LogP contribution in [0, 0.1) is 22.7 Å². The van der Waals surface area contributed by atoms with Crippen LogP contribution in [0.2, 0.25) is 0 Å². The number of benzene rings is 9. The molecule has 4 nitrogen and oxygen atoms in total. The minimum Gasteiger partial charge on any atom is -0.311 e. The third-order valence-corrected chi connectivity index (χ3v) is 20.7. The van der Waals surface area contributed by atoms with Crippen LogP contribution in [0.3, 0.4) is 0 Å². The first-order valence-electron chi connectivity index (χ1n) is 20.9. The summed E-state index contributed by atoms with van der Waals surface area (Å²) >= 11 is 0. The zero-order valence-electron chi connectivity index (χ0n) is 33.7. The van der Waals surface area contributed by atoms with Gasteiger partial charge in [0.05, 0.1) is 23.3 Å². The molecule has 0 aliphatic carbocycles. The van der Waals surface area contributed by atoms with Crippen LogP contribution in [-0.4, -0.2) is 16.9 Å². The molecule has 0 radical (unpaired) electrons. The molecule has 0 saturated carbocycles. The molecule has 9 aromatic carbocycles. The monoisotopic (exact) mass is 822 g/mol. The van der Waals surface area contributed by atoms with Gasteiger partial charge in [0, 0.05) is 34.1 Å². The first kappa shape index (κ1) is 37.0. The van der Waals surface area contributed by atoms with Crippen molar-refractivity contribution in [2.75, 3.05) is 9.80 Å². The quantitative estimate of drug-likeness (QED) is 0.159. The molecule has 0 spiro atoms. The van der Waals surface area contributed by atoms with Crippen molar-refractivity contribution < 1.29 is 0 Å². The molecule has 6 heteroatoms. The number of para-hydroxylation sites is 4. The molecule has 0 fully saturated rings. The fraction of sp³-hybridized carbons (Fsp3) is 0. The van der Waals surface area contributed by atoms with Crippen LogP contribution < -0.4 is 46.1 Å². The fourth-order valence-corrected chi connectivity index (χ4v) is 18.5. The summed E-state index contributed by atoms with van der Waals surface area (Å²) in [6.45, 7) is 0. The lowest BCUT2D eigenvalue weighted by Gasteiger charge is -2.45. The lowest BCUT2D eigenvalue weighted by Crippen LogP contribution is -2.77. The Morgan fingerprint density at radius 3 is 1.19 bits per heavy atom. The maximum absolute atomic E-state index is 10.7. The summed E-state index contributed by atoms with van der Waals surface area (Å²) in [6, 6.07) is 85.2. The van der Waals surface area contributed by atoms with Crippen LogP contribution >= 0.6 is 0 Å². The maximum atomic E-state index is 10.7. The first-order valence-corrected chi connectivity index (χ1v) is 24.6. The molecule has 0 aromatic heterocycles. The predicted molar refractivity (Wildman–Crippen MR) is 260 cm³/mol. The van der Waals surface area contributed by atoms with Crippen LogP contribution in [0.5, 0.6) is 0 Å². The second-order valence-corrected chi connectivity index (χ2v) is 22.4. The normalized spacial score (nSPS) is 13.5. The van der Waals surface area contributed by atoms with Gasteiger partial charge < -0.3 is 9.80 Å². The van der Waals surface area contributed by atoms with Crippen molar-refractivity contribution in [3.05, 3.63) is 236 Å². The molecule has 2 aliphatic rings. The Bertz CT molecular complexity index is 3110. The highest BCUT2D eigenvalue weighted by Crippen LogP contribution is 2.42. The second kappa shape index (κ2) is 15.2. The largest absolute Gasteiger partial charge is 0.311 e. The molecule has 11 rings (SSSR count). The molecule has 62 heavy (non-hydrogen) atoms. The lowest BCUT2D eigenvalue weighted by atomic mass is 9.98. The summed E-state index contributed by atoms with van der Waals surface area (Å²) in [4.78, 5) is 4.66. The highest BCUT2D eigenvalue weighted by molar-refractivity contribution is 7.21. The van der Waals surface area contributed by atoms with Gasteiger partial charge in [-0.3, -0.25) is 0 Å². The van der Waals surface area contributed by atoms with E-state index >= 15 is 0 Å². The van der Waals surface area contributed by atoms with Crippen LogP contribution in [0.1, 0.15) is 11.1 Å². The van der Waals surface area contributed by atoms with Gasteiger partial charge in [0.15, 0.2) is 8.07 Å². The highest BCUT2D eigenvalue weighted by atomic mass is 28.3. The Hall–Kier alpha value is -8.01. The van der Waals surface area contributed by atoms with Crippen LogP contribution in [0.15, 0.2) is 224 Å². The Morgan fingerprint density at radius 2 is 0.742 bits per heavy atom. The average molecular weight is 823 g/mol. The van der Waals surface area contributed by atoms with Crippen molar-refractivity contribution in [1.29, 1.82) is 10.5 Å². The van der Waals surface area contributed by atoms with E-state index in [0.29, 0.717) is 11.1 Å². The molecule has 0 unspecified atom stereocenters. The maximum Gasteiger partial charge on any atom is 0.184 e. The van der Waals surface area contributed by atoms with Crippen molar-refractivity contribution >= 4 is 87.3 Å². The van der Waals surface area contributed by atoms with Gasteiger partial charge in [0.25, 0.3) is 0 Å². The molecule has 0 N–H and O–H groups in total. The first-order chi connectivity index (χ1) is 30.7. The highest BCUT2D eigenvalue weighted by Gasteiger charge is 2.48. The number of anilines is 6.